The van der Waals surface area contributed by atoms with E-state index >= 15 is 0 Å². The van der Waals surface area contributed by atoms with E-state index in [1.165, 1.54) is 33.1 Å². The minimum absolute atomic E-state index is 0.199. The van der Waals surface area contributed by atoms with Crippen LogP contribution in [0.5, 0.6) is 0 Å². The zero-order chi connectivity index (χ0) is 17.4. The number of piperidine rings is 1. The highest BCUT2D eigenvalue weighted by atomic mass is 127. The zero-order valence-electron chi connectivity index (χ0n) is 14.4. The van der Waals surface area contributed by atoms with Gasteiger partial charge >= 0.3 is 0 Å². The van der Waals surface area contributed by atoms with Crippen molar-refractivity contribution in [1.82, 2.24) is 4.90 Å². The Labute approximate surface area is 163 Å². The number of nitrogen functional groups attached to an aromatic ring is 1. The van der Waals surface area contributed by atoms with Crippen LogP contribution in [0.2, 0.25) is 0 Å². The van der Waals surface area contributed by atoms with Gasteiger partial charge in [0.05, 0.1) is 6.10 Å². The fourth-order valence-corrected chi connectivity index (χ4v) is 5.22. The molecule has 25 heavy (non-hydrogen) atoms. The molecule has 1 fully saturated rings. The molecule has 2 aromatic carbocycles. The first-order chi connectivity index (χ1) is 12.1. The fourth-order valence-electron chi connectivity index (χ4n) is 4.50. The van der Waals surface area contributed by atoms with Crippen LogP contribution >= 0.6 is 22.6 Å². The van der Waals surface area contributed by atoms with Gasteiger partial charge in [-0.2, -0.15) is 0 Å². The van der Waals surface area contributed by atoms with Gasteiger partial charge in [-0.3, -0.25) is 4.90 Å². The number of aliphatic hydroxyl groups is 1. The predicted molar refractivity (Wildman–Crippen MR) is 111 cm³/mol. The fraction of sp³-hybridized carbons (Fsp3) is 0.429. The predicted octanol–water partition coefficient (Wildman–Crippen LogP) is 3.58. The number of halogens is 1. The summed E-state index contributed by atoms with van der Waals surface area (Å²) in [6, 6.07) is 15.1. The number of fused-ring (bicyclic) bond motifs is 1. The second-order valence-electron chi connectivity index (χ2n) is 7.36. The van der Waals surface area contributed by atoms with Gasteiger partial charge in [0, 0.05) is 21.7 Å². The Balaban J connectivity index is 1.47. The smallest absolute Gasteiger partial charge is 0.0739 e. The van der Waals surface area contributed by atoms with Crippen molar-refractivity contribution in [2.24, 2.45) is 0 Å². The molecule has 1 aliphatic heterocycles. The number of aliphatic hydroxyl groups excluding tert-OH is 1. The minimum Gasteiger partial charge on any atom is -0.398 e. The van der Waals surface area contributed by atoms with Crippen LogP contribution in [0.4, 0.5) is 5.69 Å². The van der Waals surface area contributed by atoms with E-state index in [9.17, 15) is 5.11 Å². The number of rotatable bonds is 2. The van der Waals surface area contributed by atoms with Crippen LogP contribution in [0, 0.1) is 3.57 Å². The van der Waals surface area contributed by atoms with Gasteiger partial charge in [0.1, 0.15) is 0 Å². The molecule has 2 aliphatic rings. The van der Waals surface area contributed by atoms with Crippen LogP contribution in [0.15, 0.2) is 42.5 Å². The van der Waals surface area contributed by atoms with Gasteiger partial charge in [0.15, 0.2) is 0 Å². The van der Waals surface area contributed by atoms with Gasteiger partial charge in [-0.05, 0) is 89.7 Å². The minimum atomic E-state index is -0.295. The molecule has 1 aliphatic carbocycles. The molecule has 132 valence electrons. The van der Waals surface area contributed by atoms with Crippen molar-refractivity contribution in [3.63, 3.8) is 0 Å². The summed E-state index contributed by atoms with van der Waals surface area (Å²) in [6.45, 7) is 2.11. The molecule has 4 rings (SSSR count). The first-order valence-electron chi connectivity index (χ1n) is 9.16. The number of nitrogens with two attached hydrogens (primary N) is 1. The summed E-state index contributed by atoms with van der Waals surface area (Å²) in [5.41, 5.74) is 11.1. The quantitative estimate of drug-likeness (QED) is 0.546. The summed E-state index contributed by atoms with van der Waals surface area (Å²) in [5, 5.41) is 10.8. The first kappa shape index (κ1) is 17.3. The van der Waals surface area contributed by atoms with E-state index in [0.29, 0.717) is 5.92 Å². The molecule has 1 saturated heterocycles. The standard InChI is InChI=1S/C21H25IN2O/c22-18-6-7-19(23)17-12-20(21(25)13-16(17)18)24-10-8-15(9-11-24)14-4-2-1-3-5-14/h1-7,15,20-21,25H,8-13,23H2. The van der Waals surface area contributed by atoms with E-state index in [0.717, 1.165) is 31.6 Å². The molecular weight excluding hydrogens is 423 g/mol. The molecule has 0 amide bonds. The van der Waals surface area contributed by atoms with Crippen LogP contribution in [0.25, 0.3) is 0 Å². The maximum absolute atomic E-state index is 10.8. The third kappa shape index (κ3) is 3.44. The van der Waals surface area contributed by atoms with Gasteiger partial charge < -0.3 is 10.8 Å². The van der Waals surface area contributed by atoms with E-state index in [1.54, 1.807) is 0 Å². The lowest BCUT2D eigenvalue weighted by molar-refractivity contribution is 0.0294. The lowest BCUT2D eigenvalue weighted by atomic mass is 9.82. The van der Waals surface area contributed by atoms with Crippen molar-refractivity contribution in [2.45, 2.75) is 43.7 Å². The number of hydrogen-bond donors (Lipinski definition) is 2. The molecule has 0 saturated carbocycles. The summed E-state index contributed by atoms with van der Waals surface area (Å²) in [4.78, 5) is 2.49. The molecule has 2 aromatic rings. The lowest BCUT2D eigenvalue weighted by Crippen LogP contribution is -2.51. The second-order valence-corrected chi connectivity index (χ2v) is 8.52. The third-order valence-electron chi connectivity index (χ3n) is 5.95. The molecule has 1 heterocycles. The van der Waals surface area contributed by atoms with Crippen molar-refractivity contribution < 1.29 is 5.11 Å². The van der Waals surface area contributed by atoms with Gasteiger partial charge in [-0.1, -0.05) is 30.3 Å². The topological polar surface area (TPSA) is 49.5 Å². The van der Waals surface area contributed by atoms with Crippen molar-refractivity contribution in [3.8, 4) is 0 Å². The molecule has 0 spiro atoms. The number of benzene rings is 2. The normalized spacial score (nSPS) is 24.9. The second kappa shape index (κ2) is 7.25. The Hall–Kier alpha value is -1.11. The molecule has 3 N–H and O–H groups in total. The average molecular weight is 448 g/mol. The van der Waals surface area contributed by atoms with Gasteiger partial charge in [-0.25, -0.2) is 0 Å². The number of likely N-dealkylation sites (tertiary alicyclic amines) is 1. The number of nitrogens with zero attached hydrogens (tertiary/aromatic N) is 1. The molecule has 0 aromatic heterocycles. The maximum atomic E-state index is 10.8. The zero-order valence-corrected chi connectivity index (χ0v) is 16.5. The van der Waals surface area contributed by atoms with Crippen molar-refractivity contribution in [2.75, 3.05) is 18.8 Å². The molecule has 4 heteroatoms. The van der Waals surface area contributed by atoms with Crippen LogP contribution in [-0.4, -0.2) is 35.2 Å². The summed E-state index contributed by atoms with van der Waals surface area (Å²) < 4.78 is 1.22. The molecule has 0 radical (unpaired) electrons. The molecular formula is C21H25IN2O. The van der Waals surface area contributed by atoms with Gasteiger partial charge in [0.2, 0.25) is 0 Å². The van der Waals surface area contributed by atoms with E-state index in [-0.39, 0.29) is 12.1 Å². The van der Waals surface area contributed by atoms with Crippen LogP contribution in [-0.2, 0) is 12.8 Å². The van der Waals surface area contributed by atoms with E-state index in [1.807, 2.05) is 6.07 Å². The monoisotopic (exact) mass is 448 g/mol. The highest BCUT2D eigenvalue weighted by molar-refractivity contribution is 14.1. The van der Waals surface area contributed by atoms with Crippen molar-refractivity contribution >= 4 is 28.3 Å². The summed E-state index contributed by atoms with van der Waals surface area (Å²) in [7, 11) is 0. The van der Waals surface area contributed by atoms with Crippen LogP contribution in [0.3, 0.4) is 0 Å². The average Bonchev–Trinajstić information content (AvgIpc) is 2.65. The lowest BCUT2D eigenvalue weighted by Gasteiger charge is -2.42. The van der Waals surface area contributed by atoms with Gasteiger partial charge in [0.25, 0.3) is 0 Å². The Morgan fingerprint density at radius 1 is 0.960 bits per heavy atom. The first-order valence-corrected chi connectivity index (χ1v) is 10.2. The van der Waals surface area contributed by atoms with E-state index in [2.05, 4.69) is 63.9 Å². The maximum Gasteiger partial charge on any atom is 0.0739 e. The van der Waals surface area contributed by atoms with Crippen molar-refractivity contribution in [1.29, 1.82) is 0 Å². The number of hydrogen-bond acceptors (Lipinski definition) is 3. The SMILES string of the molecule is Nc1ccc(I)c2c1CC(N1CCC(c3ccccc3)CC1)C(O)C2. The van der Waals surface area contributed by atoms with E-state index in [4.69, 9.17) is 5.73 Å². The summed E-state index contributed by atoms with van der Waals surface area (Å²) in [5.74, 6) is 0.650. The van der Waals surface area contributed by atoms with Crippen molar-refractivity contribution in [3.05, 3.63) is 62.7 Å². The molecule has 0 bridgehead atoms. The van der Waals surface area contributed by atoms with Crippen LogP contribution in [0.1, 0.15) is 35.4 Å². The highest BCUT2D eigenvalue weighted by Crippen LogP contribution is 2.35. The van der Waals surface area contributed by atoms with Crippen LogP contribution < -0.4 is 5.73 Å². The molecule has 3 nitrogen and oxygen atoms in total. The Morgan fingerprint density at radius 2 is 1.68 bits per heavy atom. The largest absolute Gasteiger partial charge is 0.398 e. The third-order valence-corrected chi connectivity index (χ3v) is 6.96. The summed E-state index contributed by atoms with van der Waals surface area (Å²) in [6.07, 6.45) is 3.64. The van der Waals surface area contributed by atoms with Gasteiger partial charge in [-0.15, -0.1) is 0 Å². The number of anilines is 1. The highest BCUT2D eigenvalue weighted by Gasteiger charge is 2.35. The Morgan fingerprint density at radius 3 is 2.40 bits per heavy atom. The molecule has 2 atom stereocenters. The van der Waals surface area contributed by atoms with E-state index < -0.39 is 0 Å². The summed E-state index contributed by atoms with van der Waals surface area (Å²) >= 11 is 2.36. The Bertz CT molecular complexity index is 741. The molecule has 2 unspecified atom stereocenters. The Kier molecular flexibility index (Phi) is 5.02.